The van der Waals surface area contributed by atoms with Crippen LogP contribution in [0, 0.1) is 13.8 Å². The van der Waals surface area contributed by atoms with Crippen molar-refractivity contribution in [1.29, 1.82) is 0 Å². The van der Waals surface area contributed by atoms with Crippen molar-refractivity contribution >= 4 is 32.7 Å². The number of nitrogens with one attached hydrogen (secondary N) is 1. The van der Waals surface area contributed by atoms with Crippen LogP contribution >= 0.6 is 15.9 Å². The number of halogens is 1. The van der Waals surface area contributed by atoms with Crippen molar-refractivity contribution in [3.8, 4) is 0 Å². The summed E-state index contributed by atoms with van der Waals surface area (Å²) in [5.41, 5.74) is 5.82. The van der Waals surface area contributed by atoms with Crippen LogP contribution in [-0.4, -0.2) is 9.55 Å². The van der Waals surface area contributed by atoms with Gasteiger partial charge >= 0.3 is 0 Å². The van der Waals surface area contributed by atoms with Crippen LogP contribution in [0.5, 0.6) is 0 Å². The van der Waals surface area contributed by atoms with Gasteiger partial charge in [0.2, 0.25) is 0 Å². The molecular formula is C17H18BrN3. The summed E-state index contributed by atoms with van der Waals surface area (Å²) in [6.07, 6.45) is 0. The molecule has 4 heteroatoms. The number of aryl methyl sites for hydroxylation is 3. The highest BCUT2D eigenvalue weighted by Gasteiger charge is 2.10. The van der Waals surface area contributed by atoms with E-state index in [1.165, 1.54) is 11.1 Å². The van der Waals surface area contributed by atoms with Crippen molar-refractivity contribution in [3.63, 3.8) is 0 Å². The summed E-state index contributed by atoms with van der Waals surface area (Å²) in [5.74, 6) is 1.02. The fourth-order valence-corrected chi connectivity index (χ4v) is 2.95. The fourth-order valence-electron chi connectivity index (χ4n) is 2.50. The van der Waals surface area contributed by atoms with Crippen molar-refractivity contribution in [1.82, 2.24) is 9.55 Å². The molecule has 0 radical (unpaired) electrons. The standard InChI is InChI=1S/C17H18BrN3/c1-11-6-4-5-7-13(11)10-19-15-8-14(18)9-16-17(15)20-12(2)21(16)3/h4-9,19H,10H2,1-3H3. The van der Waals surface area contributed by atoms with Crippen LogP contribution in [0.15, 0.2) is 40.9 Å². The minimum absolute atomic E-state index is 0.799. The lowest BCUT2D eigenvalue weighted by Gasteiger charge is -2.10. The maximum Gasteiger partial charge on any atom is 0.112 e. The topological polar surface area (TPSA) is 29.9 Å². The maximum atomic E-state index is 4.67. The molecule has 3 aromatic rings. The van der Waals surface area contributed by atoms with Gasteiger partial charge in [0.15, 0.2) is 0 Å². The Balaban J connectivity index is 1.97. The molecule has 0 aliphatic carbocycles. The molecule has 0 amide bonds. The molecule has 1 heterocycles. The van der Waals surface area contributed by atoms with Crippen LogP contribution in [0.25, 0.3) is 11.0 Å². The molecule has 3 rings (SSSR count). The molecule has 0 spiro atoms. The van der Waals surface area contributed by atoms with Gasteiger partial charge in [0.1, 0.15) is 11.3 Å². The Labute approximate surface area is 133 Å². The largest absolute Gasteiger partial charge is 0.379 e. The summed E-state index contributed by atoms with van der Waals surface area (Å²) in [6, 6.07) is 12.6. The molecule has 0 unspecified atom stereocenters. The van der Waals surface area contributed by atoms with Crippen molar-refractivity contribution < 1.29 is 0 Å². The summed E-state index contributed by atoms with van der Waals surface area (Å²) >= 11 is 3.59. The third-order valence-corrected chi connectivity index (χ3v) is 4.36. The van der Waals surface area contributed by atoms with E-state index in [4.69, 9.17) is 0 Å². The molecule has 0 saturated heterocycles. The quantitative estimate of drug-likeness (QED) is 0.755. The normalized spacial score (nSPS) is 11.0. The Hall–Kier alpha value is -1.81. The van der Waals surface area contributed by atoms with E-state index in [-0.39, 0.29) is 0 Å². The van der Waals surface area contributed by atoms with Crippen molar-refractivity contribution in [3.05, 3.63) is 57.8 Å². The van der Waals surface area contributed by atoms with Gasteiger partial charge in [-0.25, -0.2) is 4.98 Å². The van der Waals surface area contributed by atoms with Crippen LogP contribution in [-0.2, 0) is 13.6 Å². The average Bonchev–Trinajstić information content (AvgIpc) is 2.74. The molecule has 21 heavy (non-hydrogen) atoms. The van der Waals surface area contributed by atoms with E-state index in [0.29, 0.717) is 0 Å². The second-order valence-corrected chi connectivity index (χ2v) is 6.23. The second kappa shape index (κ2) is 5.53. The number of benzene rings is 2. The Morgan fingerprint density at radius 2 is 1.95 bits per heavy atom. The first-order chi connectivity index (χ1) is 10.1. The molecule has 0 fully saturated rings. The first kappa shape index (κ1) is 14.1. The number of hydrogen-bond acceptors (Lipinski definition) is 2. The van der Waals surface area contributed by atoms with Crippen molar-refractivity contribution in [2.24, 2.45) is 7.05 Å². The maximum absolute atomic E-state index is 4.67. The lowest BCUT2D eigenvalue weighted by molar-refractivity contribution is 0.886. The predicted molar refractivity (Wildman–Crippen MR) is 91.7 cm³/mol. The highest BCUT2D eigenvalue weighted by molar-refractivity contribution is 9.10. The van der Waals surface area contributed by atoms with Crippen molar-refractivity contribution in [2.75, 3.05) is 5.32 Å². The number of nitrogens with zero attached hydrogens (tertiary/aromatic N) is 2. The SMILES string of the molecule is Cc1ccccc1CNc1cc(Br)cc2c1nc(C)n2C. The third kappa shape index (κ3) is 2.68. The van der Waals surface area contributed by atoms with E-state index in [9.17, 15) is 0 Å². The van der Waals surface area contributed by atoms with Gasteiger partial charge in [0, 0.05) is 18.1 Å². The van der Waals surface area contributed by atoms with E-state index in [1.807, 2.05) is 14.0 Å². The minimum atomic E-state index is 0.799. The van der Waals surface area contributed by atoms with Gasteiger partial charge in [-0.05, 0) is 37.1 Å². The lowest BCUT2D eigenvalue weighted by Crippen LogP contribution is -2.02. The molecular weight excluding hydrogens is 326 g/mol. The monoisotopic (exact) mass is 343 g/mol. The average molecular weight is 344 g/mol. The Morgan fingerprint density at radius 1 is 1.19 bits per heavy atom. The van der Waals surface area contributed by atoms with E-state index in [2.05, 4.69) is 74.1 Å². The van der Waals surface area contributed by atoms with Gasteiger partial charge in [-0.1, -0.05) is 40.2 Å². The lowest BCUT2D eigenvalue weighted by atomic mass is 10.1. The summed E-state index contributed by atoms with van der Waals surface area (Å²) in [5, 5.41) is 3.52. The molecule has 3 nitrogen and oxygen atoms in total. The van der Waals surface area contributed by atoms with Crippen LogP contribution in [0.4, 0.5) is 5.69 Å². The van der Waals surface area contributed by atoms with Gasteiger partial charge < -0.3 is 9.88 Å². The molecule has 1 N–H and O–H groups in total. The molecule has 0 aliphatic rings. The smallest absolute Gasteiger partial charge is 0.112 e. The summed E-state index contributed by atoms with van der Waals surface area (Å²) in [7, 11) is 2.04. The number of fused-ring (bicyclic) bond motifs is 1. The molecule has 1 aromatic heterocycles. The summed E-state index contributed by atoms with van der Waals surface area (Å²) in [6.45, 7) is 4.96. The number of hydrogen-bond donors (Lipinski definition) is 1. The molecule has 0 aliphatic heterocycles. The van der Waals surface area contributed by atoms with E-state index < -0.39 is 0 Å². The van der Waals surface area contributed by atoms with Gasteiger partial charge in [-0.3, -0.25) is 0 Å². The van der Waals surface area contributed by atoms with Crippen LogP contribution < -0.4 is 5.32 Å². The van der Waals surface area contributed by atoms with Crippen LogP contribution in [0.1, 0.15) is 17.0 Å². The fraction of sp³-hybridized carbons (Fsp3) is 0.235. The second-order valence-electron chi connectivity index (χ2n) is 5.32. The zero-order chi connectivity index (χ0) is 15.0. The summed E-state index contributed by atoms with van der Waals surface area (Å²) < 4.78 is 3.17. The molecule has 108 valence electrons. The zero-order valence-electron chi connectivity index (χ0n) is 12.4. The third-order valence-electron chi connectivity index (χ3n) is 3.91. The van der Waals surface area contributed by atoms with Gasteiger partial charge in [0.05, 0.1) is 11.2 Å². The van der Waals surface area contributed by atoms with Gasteiger partial charge in [-0.15, -0.1) is 0 Å². The van der Waals surface area contributed by atoms with Gasteiger partial charge in [0.25, 0.3) is 0 Å². The molecule has 0 bridgehead atoms. The Morgan fingerprint density at radius 3 is 2.71 bits per heavy atom. The highest BCUT2D eigenvalue weighted by atomic mass is 79.9. The molecule has 0 atom stereocenters. The Bertz CT molecular complexity index is 805. The molecule has 2 aromatic carbocycles. The summed E-state index contributed by atoms with van der Waals surface area (Å²) in [4.78, 5) is 4.67. The van der Waals surface area contributed by atoms with Crippen LogP contribution in [0.3, 0.4) is 0 Å². The van der Waals surface area contributed by atoms with E-state index in [0.717, 1.165) is 33.6 Å². The number of anilines is 1. The van der Waals surface area contributed by atoms with Crippen LogP contribution in [0.2, 0.25) is 0 Å². The van der Waals surface area contributed by atoms with E-state index >= 15 is 0 Å². The van der Waals surface area contributed by atoms with Gasteiger partial charge in [-0.2, -0.15) is 0 Å². The highest BCUT2D eigenvalue weighted by Crippen LogP contribution is 2.28. The first-order valence-corrected chi connectivity index (χ1v) is 7.76. The zero-order valence-corrected chi connectivity index (χ0v) is 14.0. The number of rotatable bonds is 3. The predicted octanol–water partition coefficient (Wildman–Crippen LogP) is 4.56. The Kier molecular flexibility index (Phi) is 3.72. The first-order valence-electron chi connectivity index (χ1n) is 6.97. The van der Waals surface area contributed by atoms with Crippen molar-refractivity contribution in [2.45, 2.75) is 20.4 Å². The minimum Gasteiger partial charge on any atom is -0.379 e. The molecule has 0 saturated carbocycles. The number of aromatic nitrogens is 2. The number of imidazole rings is 1. The van der Waals surface area contributed by atoms with E-state index in [1.54, 1.807) is 0 Å².